The van der Waals surface area contributed by atoms with Gasteiger partial charge >= 0.3 is 0 Å². The summed E-state index contributed by atoms with van der Waals surface area (Å²) >= 11 is 8.64. The van der Waals surface area contributed by atoms with Gasteiger partial charge in [0, 0.05) is 23.1 Å². The number of hydrogen-bond acceptors (Lipinski definition) is 6. The first-order chi connectivity index (χ1) is 12.5. The van der Waals surface area contributed by atoms with Crippen molar-refractivity contribution in [1.82, 2.24) is 14.5 Å². The predicted octanol–water partition coefficient (Wildman–Crippen LogP) is 3.57. The van der Waals surface area contributed by atoms with Crippen LogP contribution in [0, 0.1) is 6.92 Å². The summed E-state index contributed by atoms with van der Waals surface area (Å²) in [5, 5.41) is 16.0. The molecule has 9 heteroatoms. The van der Waals surface area contributed by atoms with E-state index in [2.05, 4.69) is 15.3 Å². The van der Waals surface area contributed by atoms with Crippen molar-refractivity contribution in [1.29, 1.82) is 0 Å². The summed E-state index contributed by atoms with van der Waals surface area (Å²) in [4.78, 5) is 20.7. The third kappa shape index (κ3) is 5.07. The Kier molecular flexibility index (Phi) is 6.31. The number of carbonyl (C=O) groups is 1. The van der Waals surface area contributed by atoms with E-state index >= 15 is 0 Å². The summed E-state index contributed by atoms with van der Waals surface area (Å²) in [6.07, 6.45) is 1.79. The van der Waals surface area contributed by atoms with E-state index in [4.69, 9.17) is 11.6 Å². The molecule has 3 rings (SSSR count). The van der Waals surface area contributed by atoms with Crippen molar-refractivity contribution < 1.29 is 9.90 Å². The highest BCUT2D eigenvalue weighted by molar-refractivity contribution is 7.99. The molecular weight excluding hydrogens is 392 g/mol. The van der Waals surface area contributed by atoms with Crippen molar-refractivity contribution in [3.63, 3.8) is 0 Å². The molecule has 3 aromatic rings. The first-order valence-corrected chi connectivity index (χ1v) is 10.0. The number of halogens is 1. The van der Waals surface area contributed by atoms with Crippen LogP contribution in [0.15, 0.2) is 41.0 Å². The maximum Gasteiger partial charge on any atom is 0.236 e. The average Bonchev–Trinajstić information content (AvgIpc) is 3.21. The summed E-state index contributed by atoms with van der Waals surface area (Å²) in [6, 6.07) is 7.54. The van der Waals surface area contributed by atoms with E-state index in [0.29, 0.717) is 27.5 Å². The maximum absolute atomic E-state index is 12.1. The number of rotatable bonds is 7. The molecular formula is C17H17ClN4O2S2. The fourth-order valence-electron chi connectivity index (χ4n) is 2.24. The zero-order valence-corrected chi connectivity index (χ0v) is 16.4. The number of nitrogens with zero attached hydrogens (tertiary/aromatic N) is 3. The monoisotopic (exact) mass is 408 g/mol. The van der Waals surface area contributed by atoms with E-state index in [1.807, 2.05) is 41.1 Å². The molecule has 0 aliphatic rings. The number of aliphatic hydroxyl groups is 1. The van der Waals surface area contributed by atoms with Crippen LogP contribution in [0.2, 0.25) is 5.02 Å². The van der Waals surface area contributed by atoms with Crippen molar-refractivity contribution in [2.45, 2.75) is 25.2 Å². The number of aryl methyl sites for hydroxylation is 1. The lowest BCUT2D eigenvalue weighted by Gasteiger charge is -2.07. The number of thiazole rings is 1. The van der Waals surface area contributed by atoms with Gasteiger partial charge in [-0.25, -0.2) is 9.97 Å². The summed E-state index contributed by atoms with van der Waals surface area (Å²) in [5.74, 6) is 0.0668. The zero-order chi connectivity index (χ0) is 18.5. The molecule has 2 N–H and O–H groups in total. The minimum absolute atomic E-state index is 0.143. The molecule has 0 saturated carbocycles. The number of thioether (sulfide) groups is 1. The van der Waals surface area contributed by atoms with E-state index in [-0.39, 0.29) is 18.3 Å². The predicted molar refractivity (Wildman–Crippen MR) is 105 cm³/mol. The van der Waals surface area contributed by atoms with Gasteiger partial charge in [-0.2, -0.15) is 0 Å². The second-order valence-corrected chi connectivity index (χ2v) is 7.80. The van der Waals surface area contributed by atoms with Gasteiger partial charge in [-0.05, 0) is 24.6 Å². The molecule has 0 bridgehead atoms. The molecule has 0 spiro atoms. The van der Waals surface area contributed by atoms with Crippen LogP contribution >= 0.6 is 34.7 Å². The number of imidazole rings is 1. The number of carbonyl (C=O) groups excluding carboxylic acids is 1. The highest BCUT2D eigenvalue weighted by Crippen LogP contribution is 2.21. The Labute approximate surface area is 164 Å². The molecule has 0 radical (unpaired) electrons. The van der Waals surface area contributed by atoms with Crippen LogP contribution in [-0.4, -0.2) is 31.3 Å². The lowest BCUT2D eigenvalue weighted by atomic mass is 10.2. The van der Waals surface area contributed by atoms with E-state index in [0.717, 1.165) is 11.3 Å². The fourth-order valence-corrected chi connectivity index (χ4v) is 3.87. The summed E-state index contributed by atoms with van der Waals surface area (Å²) in [7, 11) is 0. The molecule has 0 unspecified atom stereocenters. The van der Waals surface area contributed by atoms with Crippen molar-refractivity contribution >= 4 is 45.7 Å². The third-order valence-corrected chi connectivity index (χ3v) is 5.53. The SMILES string of the molecule is Cc1csc(NC(=O)CSc2nc(CO)cn2Cc2ccc(Cl)cc2)n1. The minimum Gasteiger partial charge on any atom is -0.390 e. The molecule has 0 atom stereocenters. The fraction of sp³-hybridized carbons (Fsp3) is 0.235. The Morgan fingerprint density at radius 2 is 2.12 bits per heavy atom. The van der Waals surface area contributed by atoms with Gasteiger partial charge in [0.05, 0.1) is 23.7 Å². The number of anilines is 1. The second kappa shape index (κ2) is 8.68. The van der Waals surface area contributed by atoms with Crippen LogP contribution in [0.4, 0.5) is 5.13 Å². The average molecular weight is 409 g/mol. The smallest absolute Gasteiger partial charge is 0.236 e. The van der Waals surface area contributed by atoms with Gasteiger partial charge in [-0.15, -0.1) is 11.3 Å². The molecule has 26 heavy (non-hydrogen) atoms. The van der Waals surface area contributed by atoms with Gasteiger partial charge in [-0.3, -0.25) is 4.79 Å². The van der Waals surface area contributed by atoms with Crippen molar-refractivity contribution in [2.75, 3.05) is 11.1 Å². The largest absolute Gasteiger partial charge is 0.390 e. The highest BCUT2D eigenvalue weighted by atomic mass is 35.5. The molecule has 1 aromatic carbocycles. The van der Waals surface area contributed by atoms with E-state index in [1.165, 1.54) is 23.1 Å². The minimum atomic E-state index is -0.147. The third-order valence-electron chi connectivity index (χ3n) is 3.42. The molecule has 2 heterocycles. The van der Waals surface area contributed by atoms with Crippen LogP contribution < -0.4 is 5.32 Å². The maximum atomic E-state index is 12.1. The van der Waals surface area contributed by atoms with Gasteiger partial charge < -0.3 is 15.0 Å². The Hall–Kier alpha value is -1.87. The van der Waals surface area contributed by atoms with Gasteiger partial charge in [-0.1, -0.05) is 35.5 Å². The number of amides is 1. The molecule has 2 aromatic heterocycles. The Balaban J connectivity index is 1.65. The molecule has 0 saturated heterocycles. The topological polar surface area (TPSA) is 80.0 Å². The van der Waals surface area contributed by atoms with Crippen molar-refractivity contribution in [2.24, 2.45) is 0 Å². The van der Waals surface area contributed by atoms with Gasteiger partial charge in [0.2, 0.25) is 5.91 Å². The second-order valence-electron chi connectivity index (χ2n) is 5.56. The number of nitrogens with one attached hydrogen (secondary N) is 1. The van der Waals surface area contributed by atoms with Crippen LogP contribution in [-0.2, 0) is 17.9 Å². The first-order valence-electron chi connectivity index (χ1n) is 7.79. The molecule has 1 amide bonds. The van der Waals surface area contributed by atoms with Gasteiger partial charge in [0.25, 0.3) is 0 Å². The highest BCUT2D eigenvalue weighted by Gasteiger charge is 2.12. The van der Waals surface area contributed by atoms with E-state index in [9.17, 15) is 9.90 Å². The number of aliphatic hydroxyl groups excluding tert-OH is 1. The lowest BCUT2D eigenvalue weighted by Crippen LogP contribution is -2.14. The van der Waals surface area contributed by atoms with E-state index in [1.54, 1.807) is 6.20 Å². The van der Waals surface area contributed by atoms with Gasteiger partial charge in [0.1, 0.15) is 0 Å². The molecule has 0 fully saturated rings. The zero-order valence-electron chi connectivity index (χ0n) is 14.0. The lowest BCUT2D eigenvalue weighted by molar-refractivity contribution is -0.113. The van der Waals surface area contributed by atoms with Crippen molar-refractivity contribution in [3.8, 4) is 0 Å². The summed E-state index contributed by atoms with van der Waals surface area (Å²) in [5.41, 5.74) is 2.50. The van der Waals surface area contributed by atoms with Crippen LogP contribution in [0.25, 0.3) is 0 Å². The van der Waals surface area contributed by atoms with Gasteiger partial charge in [0.15, 0.2) is 10.3 Å². The first kappa shape index (κ1) is 18.9. The quantitative estimate of drug-likeness (QED) is 0.584. The summed E-state index contributed by atoms with van der Waals surface area (Å²) < 4.78 is 1.92. The van der Waals surface area contributed by atoms with Crippen molar-refractivity contribution in [3.05, 3.63) is 57.8 Å². The van der Waals surface area contributed by atoms with E-state index < -0.39 is 0 Å². The Bertz CT molecular complexity index is 893. The molecule has 136 valence electrons. The summed E-state index contributed by atoms with van der Waals surface area (Å²) in [6.45, 7) is 2.32. The Morgan fingerprint density at radius 1 is 1.35 bits per heavy atom. The van der Waals surface area contributed by atoms with Crippen LogP contribution in [0.3, 0.4) is 0 Å². The standard InChI is InChI=1S/C17H17ClN4O2S2/c1-11-9-25-16(19-11)21-15(24)10-26-17-20-14(8-23)7-22(17)6-12-2-4-13(18)5-3-12/h2-5,7,9,23H,6,8,10H2,1H3,(H,19,21,24). The number of hydrogen-bond donors (Lipinski definition) is 2. The Morgan fingerprint density at radius 3 is 2.77 bits per heavy atom. The normalized spacial score (nSPS) is 10.9. The molecule has 0 aliphatic heterocycles. The molecule has 6 nitrogen and oxygen atoms in total. The number of aromatic nitrogens is 3. The van der Waals surface area contributed by atoms with Crippen LogP contribution in [0.5, 0.6) is 0 Å². The van der Waals surface area contributed by atoms with Crippen LogP contribution in [0.1, 0.15) is 17.0 Å². The number of benzene rings is 1. The molecule has 0 aliphatic carbocycles.